The number of fused-ring (bicyclic) bond motifs is 1. The Hall–Kier alpha value is -1.42. The normalized spacial score (nSPS) is 19.1. The summed E-state index contributed by atoms with van der Waals surface area (Å²) in [7, 11) is 0. The third-order valence-corrected chi connectivity index (χ3v) is 4.06. The van der Waals surface area contributed by atoms with E-state index in [-0.39, 0.29) is 5.41 Å². The van der Waals surface area contributed by atoms with Gasteiger partial charge in [0.2, 0.25) is 0 Å². The van der Waals surface area contributed by atoms with Gasteiger partial charge in [-0.15, -0.1) is 0 Å². The van der Waals surface area contributed by atoms with Crippen molar-refractivity contribution in [2.75, 3.05) is 49.5 Å². The maximum atomic E-state index is 5.95. The van der Waals surface area contributed by atoms with Crippen molar-refractivity contribution in [3.05, 3.63) is 17.7 Å². The van der Waals surface area contributed by atoms with Crippen LogP contribution in [0.5, 0.6) is 5.75 Å². The Morgan fingerprint density at radius 2 is 1.85 bits per heavy atom. The van der Waals surface area contributed by atoms with Gasteiger partial charge < -0.3 is 20.3 Å². The maximum absolute atomic E-state index is 5.95. The summed E-state index contributed by atoms with van der Waals surface area (Å²) in [5, 5.41) is 6.90. The van der Waals surface area contributed by atoms with Crippen molar-refractivity contribution >= 4 is 11.4 Å². The fourth-order valence-corrected chi connectivity index (χ4v) is 2.81. The number of rotatable bonds is 1. The van der Waals surface area contributed by atoms with Crippen LogP contribution in [-0.2, 0) is 5.41 Å². The lowest BCUT2D eigenvalue weighted by atomic mass is 9.86. The van der Waals surface area contributed by atoms with Gasteiger partial charge in [-0.1, -0.05) is 20.8 Å². The largest absolute Gasteiger partial charge is 0.487 e. The minimum Gasteiger partial charge on any atom is -0.487 e. The molecule has 1 aromatic rings. The number of nitrogens with one attached hydrogen (secondary N) is 2. The van der Waals surface area contributed by atoms with Crippen LogP contribution < -0.4 is 20.3 Å². The van der Waals surface area contributed by atoms with E-state index in [4.69, 9.17) is 4.74 Å². The summed E-state index contributed by atoms with van der Waals surface area (Å²) in [5.41, 5.74) is 3.91. The summed E-state index contributed by atoms with van der Waals surface area (Å²) in [6.45, 7) is 12.6. The van der Waals surface area contributed by atoms with Gasteiger partial charge in [0.15, 0.2) is 5.75 Å². The summed E-state index contributed by atoms with van der Waals surface area (Å²) in [6.07, 6.45) is 0. The molecule has 0 aromatic heterocycles. The summed E-state index contributed by atoms with van der Waals surface area (Å²) in [5.74, 6) is 1.03. The van der Waals surface area contributed by atoms with E-state index in [0.29, 0.717) is 0 Å². The molecule has 0 radical (unpaired) electrons. The molecule has 2 heterocycles. The lowest BCUT2D eigenvalue weighted by molar-refractivity contribution is 0.322. The van der Waals surface area contributed by atoms with Crippen molar-refractivity contribution in [3.8, 4) is 5.75 Å². The fraction of sp³-hybridized carbons (Fsp3) is 0.625. The maximum Gasteiger partial charge on any atom is 0.165 e. The van der Waals surface area contributed by atoms with E-state index in [1.165, 1.54) is 11.3 Å². The summed E-state index contributed by atoms with van der Waals surface area (Å²) >= 11 is 0. The molecule has 2 aliphatic heterocycles. The highest BCUT2D eigenvalue weighted by Gasteiger charge is 2.24. The van der Waals surface area contributed by atoms with Crippen LogP contribution in [0.15, 0.2) is 12.1 Å². The molecule has 110 valence electrons. The highest BCUT2D eigenvalue weighted by atomic mass is 16.5. The standard InChI is InChI=1S/C16H25N3O/c1-16(2,3)12-10-13-15(20-9-6-18-13)14(11-12)19-7-4-17-5-8-19/h10-11,17-18H,4-9H2,1-3H3. The van der Waals surface area contributed by atoms with Gasteiger partial charge in [-0.2, -0.15) is 0 Å². The van der Waals surface area contributed by atoms with Gasteiger partial charge in [0.1, 0.15) is 6.61 Å². The predicted octanol–water partition coefficient (Wildman–Crippen LogP) is 2.20. The zero-order valence-electron chi connectivity index (χ0n) is 12.8. The molecular formula is C16H25N3O. The van der Waals surface area contributed by atoms with E-state index in [0.717, 1.165) is 50.8 Å². The van der Waals surface area contributed by atoms with Crippen molar-refractivity contribution in [1.29, 1.82) is 0 Å². The minimum absolute atomic E-state index is 0.150. The lowest BCUT2D eigenvalue weighted by Crippen LogP contribution is -2.44. The molecule has 0 spiro atoms. The minimum atomic E-state index is 0.150. The van der Waals surface area contributed by atoms with Gasteiger partial charge in [-0.25, -0.2) is 0 Å². The van der Waals surface area contributed by atoms with Crippen LogP contribution in [0, 0.1) is 0 Å². The topological polar surface area (TPSA) is 36.5 Å². The second kappa shape index (κ2) is 5.17. The molecule has 0 bridgehead atoms. The monoisotopic (exact) mass is 275 g/mol. The van der Waals surface area contributed by atoms with Crippen molar-refractivity contribution in [1.82, 2.24) is 5.32 Å². The first kappa shape index (κ1) is 13.6. The van der Waals surface area contributed by atoms with E-state index < -0.39 is 0 Å². The van der Waals surface area contributed by atoms with Gasteiger partial charge in [0.05, 0.1) is 11.4 Å². The number of nitrogens with zero attached hydrogens (tertiary/aromatic N) is 1. The molecule has 1 aromatic carbocycles. The predicted molar refractivity (Wildman–Crippen MR) is 84.2 cm³/mol. The highest BCUT2D eigenvalue weighted by molar-refractivity contribution is 5.75. The van der Waals surface area contributed by atoms with Crippen LogP contribution in [0.4, 0.5) is 11.4 Å². The molecule has 0 aliphatic carbocycles. The van der Waals surface area contributed by atoms with Gasteiger partial charge in [-0.05, 0) is 23.1 Å². The number of ether oxygens (including phenoxy) is 1. The van der Waals surface area contributed by atoms with E-state index in [2.05, 4.69) is 48.4 Å². The van der Waals surface area contributed by atoms with Crippen molar-refractivity contribution in [3.63, 3.8) is 0 Å². The molecule has 1 saturated heterocycles. The molecule has 0 saturated carbocycles. The first-order valence-electron chi connectivity index (χ1n) is 7.56. The van der Waals surface area contributed by atoms with Crippen LogP contribution in [-0.4, -0.2) is 39.3 Å². The average molecular weight is 275 g/mol. The van der Waals surface area contributed by atoms with E-state index in [9.17, 15) is 0 Å². The Kier molecular flexibility index (Phi) is 3.50. The summed E-state index contributed by atoms with van der Waals surface area (Å²) in [4.78, 5) is 2.44. The zero-order valence-corrected chi connectivity index (χ0v) is 12.8. The molecule has 2 aliphatic rings. The third-order valence-electron chi connectivity index (χ3n) is 4.06. The summed E-state index contributed by atoms with van der Waals surface area (Å²) in [6, 6.07) is 4.57. The third kappa shape index (κ3) is 2.57. The second-order valence-electron chi connectivity index (χ2n) is 6.63. The number of hydrogen-bond acceptors (Lipinski definition) is 4. The van der Waals surface area contributed by atoms with Crippen LogP contribution in [0.25, 0.3) is 0 Å². The van der Waals surface area contributed by atoms with Crippen LogP contribution in [0.1, 0.15) is 26.3 Å². The lowest BCUT2D eigenvalue weighted by Gasteiger charge is -2.34. The average Bonchev–Trinajstić information content (AvgIpc) is 2.46. The second-order valence-corrected chi connectivity index (χ2v) is 6.63. The van der Waals surface area contributed by atoms with Crippen LogP contribution in [0.2, 0.25) is 0 Å². The number of anilines is 2. The molecule has 2 N–H and O–H groups in total. The molecule has 4 nitrogen and oxygen atoms in total. The molecular weight excluding hydrogens is 250 g/mol. The Labute approximate surface area is 121 Å². The molecule has 0 unspecified atom stereocenters. The van der Waals surface area contributed by atoms with Crippen molar-refractivity contribution in [2.24, 2.45) is 0 Å². The Bertz CT molecular complexity index is 487. The Balaban J connectivity index is 2.05. The van der Waals surface area contributed by atoms with Crippen LogP contribution >= 0.6 is 0 Å². The summed E-state index contributed by atoms with van der Waals surface area (Å²) < 4.78 is 5.95. The molecule has 1 fully saturated rings. The number of piperazine rings is 1. The number of benzene rings is 1. The Morgan fingerprint density at radius 3 is 2.55 bits per heavy atom. The van der Waals surface area contributed by atoms with Gasteiger partial charge >= 0.3 is 0 Å². The molecule has 0 atom stereocenters. The first-order valence-corrected chi connectivity index (χ1v) is 7.56. The van der Waals surface area contributed by atoms with Crippen molar-refractivity contribution < 1.29 is 4.74 Å². The Morgan fingerprint density at radius 1 is 1.10 bits per heavy atom. The molecule has 0 amide bonds. The molecule has 3 rings (SSSR count). The number of hydrogen-bond donors (Lipinski definition) is 2. The highest BCUT2D eigenvalue weighted by Crippen LogP contribution is 2.41. The quantitative estimate of drug-likeness (QED) is 0.824. The molecule has 20 heavy (non-hydrogen) atoms. The van der Waals surface area contributed by atoms with Gasteiger partial charge in [0.25, 0.3) is 0 Å². The van der Waals surface area contributed by atoms with E-state index in [1.54, 1.807) is 0 Å². The van der Waals surface area contributed by atoms with E-state index >= 15 is 0 Å². The fourth-order valence-electron chi connectivity index (χ4n) is 2.81. The SMILES string of the molecule is CC(C)(C)c1cc2c(c(N3CCNCC3)c1)OCCN2. The van der Waals surface area contributed by atoms with Crippen LogP contribution in [0.3, 0.4) is 0 Å². The van der Waals surface area contributed by atoms with Crippen molar-refractivity contribution in [2.45, 2.75) is 26.2 Å². The van der Waals surface area contributed by atoms with Gasteiger partial charge in [0, 0.05) is 32.7 Å². The van der Waals surface area contributed by atoms with E-state index in [1.807, 2.05) is 0 Å². The molecule has 4 heteroatoms. The first-order chi connectivity index (χ1) is 9.55. The van der Waals surface area contributed by atoms with Gasteiger partial charge in [-0.3, -0.25) is 0 Å². The zero-order chi connectivity index (χ0) is 14.2. The smallest absolute Gasteiger partial charge is 0.165 e.